The number of ether oxygens (including phenoxy) is 1. The van der Waals surface area contributed by atoms with Crippen LogP contribution < -0.4 is 10.1 Å². The zero-order valence-electron chi connectivity index (χ0n) is 13.0. The van der Waals surface area contributed by atoms with Gasteiger partial charge in [-0.25, -0.2) is 0 Å². The molecule has 0 bridgehead atoms. The van der Waals surface area contributed by atoms with E-state index in [1.54, 1.807) is 13.2 Å². The molecule has 0 aliphatic carbocycles. The molecule has 2 rings (SSSR count). The summed E-state index contributed by atoms with van der Waals surface area (Å²) in [5.41, 5.74) is 0.987. The van der Waals surface area contributed by atoms with E-state index in [-0.39, 0.29) is 18.3 Å². The molecule has 7 heteroatoms. The van der Waals surface area contributed by atoms with Crippen LogP contribution in [0.15, 0.2) is 18.2 Å². The Kier molecular flexibility index (Phi) is 7.96. The number of carbonyl (C=O) groups excluding carboxylic acids is 1. The second kappa shape index (κ2) is 9.20. The van der Waals surface area contributed by atoms with E-state index in [9.17, 15) is 4.79 Å². The molecule has 1 fully saturated rings. The zero-order valence-corrected chi connectivity index (χ0v) is 14.5. The first-order chi connectivity index (χ1) is 10.1. The molecular weight excluding hydrogens is 325 g/mol. The van der Waals surface area contributed by atoms with Gasteiger partial charge in [0.15, 0.2) is 0 Å². The molecule has 1 aromatic rings. The first kappa shape index (κ1) is 19.0. The fourth-order valence-electron chi connectivity index (χ4n) is 2.46. The molecule has 0 radical (unpaired) electrons. The van der Waals surface area contributed by atoms with Gasteiger partial charge in [-0.15, -0.1) is 12.4 Å². The van der Waals surface area contributed by atoms with E-state index >= 15 is 0 Å². The lowest BCUT2D eigenvalue weighted by atomic mass is 10.2. The van der Waals surface area contributed by atoms with Gasteiger partial charge in [0.2, 0.25) is 5.91 Å². The van der Waals surface area contributed by atoms with Crippen molar-refractivity contribution < 1.29 is 9.53 Å². The van der Waals surface area contributed by atoms with Crippen LogP contribution in [-0.4, -0.2) is 62.6 Å². The molecule has 1 heterocycles. The maximum Gasteiger partial charge on any atom is 0.236 e. The van der Waals surface area contributed by atoms with Crippen LogP contribution in [-0.2, 0) is 11.3 Å². The van der Waals surface area contributed by atoms with Crippen molar-refractivity contribution in [1.29, 1.82) is 0 Å². The number of hydrogen-bond acceptors (Lipinski definition) is 4. The predicted octanol–water partition coefficient (Wildman–Crippen LogP) is 1.63. The number of rotatable bonds is 5. The van der Waals surface area contributed by atoms with Crippen LogP contribution in [0.4, 0.5) is 0 Å². The Morgan fingerprint density at radius 3 is 2.73 bits per heavy atom. The maximum absolute atomic E-state index is 12.2. The van der Waals surface area contributed by atoms with Crippen LogP contribution >= 0.6 is 24.0 Å². The van der Waals surface area contributed by atoms with Gasteiger partial charge in [-0.3, -0.25) is 9.69 Å². The van der Waals surface area contributed by atoms with Gasteiger partial charge in [0.05, 0.1) is 13.7 Å². The molecule has 124 valence electrons. The molecule has 0 saturated carbocycles. The fourth-order valence-corrected chi connectivity index (χ4v) is 2.66. The Morgan fingerprint density at radius 1 is 1.41 bits per heavy atom. The van der Waals surface area contributed by atoms with Crippen LogP contribution in [0.2, 0.25) is 5.02 Å². The lowest BCUT2D eigenvalue weighted by Gasteiger charge is -2.29. The van der Waals surface area contributed by atoms with E-state index in [2.05, 4.69) is 5.32 Å². The van der Waals surface area contributed by atoms with Gasteiger partial charge in [0.25, 0.3) is 0 Å². The summed E-state index contributed by atoms with van der Waals surface area (Å²) in [6.45, 7) is 4.34. The number of nitrogens with one attached hydrogen (secondary N) is 1. The minimum absolute atomic E-state index is 0. The average Bonchev–Trinajstić information content (AvgIpc) is 2.48. The molecular formula is C15H23Cl2N3O2. The molecule has 1 N–H and O–H groups in total. The average molecular weight is 348 g/mol. The summed E-state index contributed by atoms with van der Waals surface area (Å²) in [4.78, 5) is 16.1. The van der Waals surface area contributed by atoms with Crippen LogP contribution in [0.25, 0.3) is 0 Å². The summed E-state index contributed by atoms with van der Waals surface area (Å²) in [5.74, 6) is 0.959. The molecule has 5 nitrogen and oxygen atoms in total. The van der Waals surface area contributed by atoms with Gasteiger partial charge in [-0.05, 0) is 25.2 Å². The monoisotopic (exact) mass is 347 g/mol. The largest absolute Gasteiger partial charge is 0.496 e. The second-order valence-corrected chi connectivity index (χ2v) is 5.70. The summed E-state index contributed by atoms with van der Waals surface area (Å²) in [5, 5.41) is 3.92. The first-order valence-electron chi connectivity index (χ1n) is 7.09. The summed E-state index contributed by atoms with van der Waals surface area (Å²) in [6, 6.07) is 5.53. The highest BCUT2D eigenvalue weighted by Crippen LogP contribution is 2.23. The van der Waals surface area contributed by atoms with Gasteiger partial charge in [-0.2, -0.15) is 0 Å². The molecule has 0 aromatic heterocycles. The van der Waals surface area contributed by atoms with Crippen LogP contribution in [0.3, 0.4) is 0 Å². The summed E-state index contributed by atoms with van der Waals surface area (Å²) in [7, 11) is 3.57. The van der Waals surface area contributed by atoms with Gasteiger partial charge >= 0.3 is 0 Å². The summed E-state index contributed by atoms with van der Waals surface area (Å²) >= 11 is 6.03. The SMILES string of the molecule is COc1ccc(Cl)cc1CN(C)CC(=O)N1CCNCC1.Cl. The Balaban J connectivity index is 0.00000242. The van der Waals surface area contributed by atoms with Crippen molar-refractivity contribution in [1.82, 2.24) is 15.1 Å². The van der Waals surface area contributed by atoms with Gasteiger partial charge < -0.3 is 15.0 Å². The normalized spacial score (nSPS) is 14.6. The van der Waals surface area contributed by atoms with Crippen molar-refractivity contribution in [3.8, 4) is 5.75 Å². The number of amides is 1. The molecule has 0 atom stereocenters. The quantitative estimate of drug-likeness (QED) is 0.879. The number of hydrogen-bond donors (Lipinski definition) is 1. The van der Waals surface area contributed by atoms with E-state index in [0.29, 0.717) is 18.1 Å². The van der Waals surface area contributed by atoms with Crippen LogP contribution in [0, 0.1) is 0 Å². The Morgan fingerprint density at radius 2 is 2.09 bits per heavy atom. The first-order valence-corrected chi connectivity index (χ1v) is 7.47. The van der Waals surface area contributed by atoms with Crippen molar-refractivity contribution in [3.05, 3.63) is 28.8 Å². The van der Waals surface area contributed by atoms with Crippen molar-refractivity contribution in [3.63, 3.8) is 0 Å². The zero-order chi connectivity index (χ0) is 15.2. The summed E-state index contributed by atoms with van der Waals surface area (Å²) < 4.78 is 5.33. The Labute approximate surface area is 143 Å². The highest BCUT2D eigenvalue weighted by atomic mass is 35.5. The summed E-state index contributed by atoms with van der Waals surface area (Å²) in [6.07, 6.45) is 0. The molecule has 1 amide bonds. The van der Waals surface area contributed by atoms with E-state index < -0.39 is 0 Å². The number of halogens is 2. The molecule has 0 unspecified atom stereocenters. The molecule has 1 aromatic carbocycles. The number of likely N-dealkylation sites (N-methyl/N-ethyl adjacent to an activating group) is 1. The van der Waals surface area contributed by atoms with Crippen LogP contribution in [0.5, 0.6) is 5.75 Å². The van der Waals surface area contributed by atoms with E-state index in [0.717, 1.165) is 37.5 Å². The Hall–Kier alpha value is -1.01. The maximum atomic E-state index is 12.2. The van der Waals surface area contributed by atoms with Crippen molar-refractivity contribution in [2.24, 2.45) is 0 Å². The fraction of sp³-hybridized carbons (Fsp3) is 0.533. The van der Waals surface area contributed by atoms with Gasteiger partial charge in [0.1, 0.15) is 5.75 Å². The molecule has 0 spiro atoms. The smallest absolute Gasteiger partial charge is 0.236 e. The van der Waals surface area contributed by atoms with E-state index in [4.69, 9.17) is 16.3 Å². The number of nitrogens with zero attached hydrogens (tertiary/aromatic N) is 2. The second-order valence-electron chi connectivity index (χ2n) is 5.26. The lowest BCUT2D eigenvalue weighted by molar-refractivity contribution is -0.132. The highest BCUT2D eigenvalue weighted by molar-refractivity contribution is 6.30. The topological polar surface area (TPSA) is 44.8 Å². The number of carbonyl (C=O) groups is 1. The third-order valence-corrected chi connectivity index (χ3v) is 3.79. The van der Waals surface area contributed by atoms with Crippen molar-refractivity contribution in [2.45, 2.75) is 6.54 Å². The molecule has 22 heavy (non-hydrogen) atoms. The van der Waals surface area contributed by atoms with E-state index in [1.165, 1.54) is 0 Å². The number of benzene rings is 1. The molecule has 1 aliphatic heterocycles. The minimum atomic E-state index is 0. The highest BCUT2D eigenvalue weighted by Gasteiger charge is 2.18. The third kappa shape index (κ3) is 5.32. The predicted molar refractivity (Wildman–Crippen MR) is 91.0 cm³/mol. The van der Waals surface area contributed by atoms with Crippen molar-refractivity contribution in [2.75, 3.05) is 46.9 Å². The van der Waals surface area contributed by atoms with Gasteiger partial charge in [0, 0.05) is 43.3 Å². The molecule has 1 aliphatic rings. The third-order valence-electron chi connectivity index (χ3n) is 3.56. The minimum Gasteiger partial charge on any atom is -0.496 e. The number of methoxy groups -OCH3 is 1. The van der Waals surface area contributed by atoms with Crippen molar-refractivity contribution >= 4 is 29.9 Å². The van der Waals surface area contributed by atoms with Gasteiger partial charge in [-0.1, -0.05) is 11.6 Å². The standard InChI is InChI=1S/C15H22ClN3O2.ClH/c1-18(11-15(20)19-7-5-17-6-8-19)10-12-9-13(16)3-4-14(12)21-2;/h3-4,9,17H,5-8,10-11H2,1-2H3;1H. The Bertz CT molecular complexity index is 494. The molecule has 1 saturated heterocycles. The number of piperazine rings is 1. The van der Waals surface area contributed by atoms with E-state index in [1.807, 2.05) is 29.0 Å². The lowest BCUT2D eigenvalue weighted by Crippen LogP contribution is -2.49. The van der Waals surface area contributed by atoms with Crippen LogP contribution in [0.1, 0.15) is 5.56 Å².